The Morgan fingerprint density at radius 2 is 2.18 bits per heavy atom. The van der Waals surface area contributed by atoms with Crippen LogP contribution in [0.3, 0.4) is 0 Å². The Morgan fingerprint density at radius 1 is 1.45 bits per heavy atom. The Balaban J connectivity index is 0.00000441. The minimum Gasteiger partial charge on any atom is -0.380 e. The molecule has 0 bridgehead atoms. The number of unbranched alkanes of at least 4 members (excludes halogenated alkanes) is 1. The summed E-state index contributed by atoms with van der Waals surface area (Å²) in [7, 11) is 5.89. The largest absolute Gasteiger partial charge is 0.380 e. The molecular weight excluding hydrogens is 459 g/mol. The topological polar surface area (TPSA) is 41.8 Å². The summed E-state index contributed by atoms with van der Waals surface area (Å²) in [5.74, 6) is 0.881. The number of aromatic nitrogens is 1. The quantitative estimate of drug-likeness (QED) is 0.265. The van der Waals surface area contributed by atoms with E-state index in [1.165, 1.54) is 12.1 Å². The molecule has 0 amide bonds. The maximum absolute atomic E-state index is 5.54. The van der Waals surface area contributed by atoms with Crippen LogP contribution in [0.2, 0.25) is 0 Å². The zero-order valence-electron chi connectivity index (χ0n) is 13.9. The summed E-state index contributed by atoms with van der Waals surface area (Å²) in [5, 5.41) is 3.32. The average molecular weight is 487 g/mol. The Bertz CT molecular complexity index is 451. The number of aliphatic imine (C=N–C) groups is 1. The fourth-order valence-corrected chi connectivity index (χ4v) is 2.58. The van der Waals surface area contributed by atoms with E-state index in [2.05, 4.69) is 54.9 Å². The minimum absolute atomic E-state index is 0. The van der Waals surface area contributed by atoms with Gasteiger partial charge in [-0.1, -0.05) is 13.3 Å². The maximum atomic E-state index is 5.54. The van der Waals surface area contributed by atoms with Gasteiger partial charge in [0.15, 0.2) is 5.96 Å². The first-order valence-electron chi connectivity index (χ1n) is 7.38. The van der Waals surface area contributed by atoms with Gasteiger partial charge in [0.05, 0.1) is 13.2 Å². The zero-order chi connectivity index (χ0) is 15.7. The van der Waals surface area contributed by atoms with Crippen LogP contribution in [0.15, 0.2) is 21.7 Å². The fraction of sp³-hybridized carbons (Fsp3) is 0.667. The van der Waals surface area contributed by atoms with E-state index in [-0.39, 0.29) is 24.0 Å². The Kier molecular flexibility index (Phi) is 12.0. The molecule has 0 aliphatic carbocycles. The maximum Gasteiger partial charge on any atom is 0.193 e. The van der Waals surface area contributed by atoms with Crippen molar-refractivity contribution in [1.29, 1.82) is 0 Å². The molecule has 0 unspecified atom stereocenters. The number of hydrogen-bond acceptors (Lipinski definition) is 2. The molecule has 5 nitrogen and oxygen atoms in total. The van der Waals surface area contributed by atoms with Crippen molar-refractivity contribution >= 4 is 45.9 Å². The van der Waals surface area contributed by atoms with Gasteiger partial charge < -0.3 is 19.5 Å². The van der Waals surface area contributed by atoms with E-state index in [0.717, 1.165) is 36.5 Å². The number of aryl methyl sites for hydroxylation is 1. The standard InChI is InChI=1S/C15H27BrN4O.HI/c1-5-6-8-21-9-7-18-15(17-2)20(4)12-14-10-13(16)11-19(14)3;/h10-11H,5-9,12H2,1-4H3,(H,17,18);1H. The van der Waals surface area contributed by atoms with Gasteiger partial charge in [0.25, 0.3) is 0 Å². The lowest BCUT2D eigenvalue weighted by molar-refractivity contribution is 0.135. The first-order chi connectivity index (χ1) is 10.1. The fourth-order valence-electron chi connectivity index (χ4n) is 2.01. The molecule has 1 heterocycles. The van der Waals surface area contributed by atoms with Gasteiger partial charge >= 0.3 is 0 Å². The summed E-state index contributed by atoms with van der Waals surface area (Å²) in [5.41, 5.74) is 1.23. The molecule has 0 fully saturated rings. The van der Waals surface area contributed by atoms with Crippen LogP contribution in [0.25, 0.3) is 0 Å². The molecule has 1 aromatic rings. The van der Waals surface area contributed by atoms with Crippen LogP contribution in [0.4, 0.5) is 0 Å². The van der Waals surface area contributed by atoms with Crippen molar-refractivity contribution in [1.82, 2.24) is 14.8 Å². The molecular formula is C15H28BrIN4O. The molecule has 1 rings (SSSR count). The summed E-state index contributed by atoms with van der Waals surface area (Å²) >= 11 is 3.50. The van der Waals surface area contributed by atoms with Gasteiger partial charge in [0, 0.05) is 50.7 Å². The van der Waals surface area contributed by atoms with Crippen LogP contribution in [-0.2, 0) is 18.3 Å². The number of nitrogens with zero attached hydrogens (tertiary/aromatic N) is 3. The van der Waals surface area contributed by atoms with Crippen molar-refractivity contribution in [2.24, 2.45) is 12.0 Å². The third kappa shape index (κ3) is 7.82. The average Bonchev–Trinajstić information content (AvgIpc) is 2.76. The third-order valence-electron chi connectivity index (χ3n) is 3.22. The van der Waals surface area contributed by atoms with E-state index < -0.39 is 0 Å². The number of halogens is 2. The first kappa shape index (κ1) is 21.7. The molecule has 0 atom stereocenters. The molecule has 0 spiro atoms. The molecule has 7 heteroatoms. The summed E-state index contributed by atoms with van der Waals surface area (Å²) < 4.78 is 8.75. The lowest BCUT2D eigenvalue weighted by Gasteiger charge is -2.22. The van der Waals surface area contributed by atoms with Crippen molar-refractivity contribution < 1.29 is 4.74 Å². The number of nitrogens with one attached hydrogen (secondary N) is 1. The van der Waals surface area contributed by atoms with Crippen LogP contribution in [0, 0.1) is 0 Å². The highest BCUT2D eigenvalue weighted by molar-refractivity contribution is 14.0. The highest BCUT2D eigenvalue weighted by Crippen LogP contribution is 2.14. The van der Waals surface area contributed by atoms with Crippen LogP contribution >= 0.6 is 39.9 Å². The Hall–Kier alpha value is -0.280. The molecule has 1 N–H and O–H groups in total. The van der Waals surface area contributed by atoms with Gasteiger partial charge in [0.2, 0.25) is 0 Å². The SMILES string of the molecule is CCCCOCCNC(=NC)N(C)Cc1cc(Br)cn1C.I. The molecule has 0 radical (unpaired) electrons. The summed E-state index contributed by atoms with van der Waals surface area (Å²) in [6, 6.07) is 2.12. The van der Waals surface area contributed by atoms with E-state index in [1.54, 1.807) is 7.05 Å². The van der Waals surface area contributed by atoms with Gasteiger partial charge in [-0.05, 0) is 28.4 Å². The van der Waals surface area contributed by atoms with Crippen molar-refractivity contribution in [3.05, 3.63) is 22.4 Å². The summed E-state index contributed by atoms with van der Waals surface area (Å²) in [6.45, 7) is 5.29. The Labute approximate surface area is 159 Å². The lowest BCUT2D eigenvalue weighted by atomic mass is 10.4. The molecule has 0 aliphatic rings. The summed E-state index contributed by atoms with van der Waals surface area (Å²) in [4.78, 5) is 6.41. The van der Waals surface area contributed by atoms with Crippen LogP contribution in [0.1, 0.15) is 25.5 Å². The molecule has 128 valence electrons. The second-order valence-corrected chi connectivity index (χ2v) is 5.97. The van der Waals surface area contributed by atoms with Gasteiger partial charge in [0.1, 0.15) is 0 Å². The predicted molar refractivity (Wildman–Crippen MR) is 107 cm³/mol. The molecule has 22 heavy (non-hydrogen) atoms. The third-order valence-corrected chi connectivity index (χ3v) is 3.65. The molecule has 1 aromatic heterocycles. The highest BCUT2D eigenvalue weighted by atomic mass is 127. The van der Waals surface area contributed by atoms with Crippen molar-refractivity contribution in [3.63, 3.8) is 0 Å². The van der Waals surface area contributed by atoms with Crippen molar-refractivity contribution in [3.8, 4) is 0 Å². The number of guanidine groups is 1. The van der Waals surface area contributed by atoms with E-state index in [9.17, 15) is 0 Å². The second-order valence-electron chi connectivity index (χ2n) is 5.06. The first-order valence-corrected chi connectivity index (χ1v) is 8.18. The summed E-state index contributed by atoms with van der Waals surface area (Å²) in [6.07, 6.45) is 4.35. The van der Waals surface area contributed by atoms with Gasteiger partial charge in [-0.15, -0.1) is 24.0 Å². The lowest BCUT2D eigenvalue weighted by Crippen LogP contribution is -2.40. The van der Waals surface area contributed by atoms with E-state index in [1.807, 2.05) is 14.1 Å². The molecule has 0 saturated carbocycles. The normalized spacial score (nSPS) is 11.2. The minimum atomic E-state index is 0. The van der Waals surface area contributed by atoms with E-state index in [4.69, 9.17) is 4.74 Å². The number of rotatable bonds is 8. The van der Waals surface area contributed by atoms with Crippen LogP contribution in [-0.4, -0.2) is 49.3 Å². The van der Waals surface area contributed by atoms with Gasteiger partial charge in [-0.3, -0.25) is 4.99 Å². The van der Waals surface area contributed by atoms with E-state index in [0.29, 0.717) is 6.61 Å². The second kappa shape index (κ2) is 12.2. The Morgan fingerprint density at radius 3 is 2.73 bits per heavy atom. The highest BCUT2D eigenvalue weighted by Gasteiger charge is 2.09. The van der Waals surface area contributed by atoms with Gasteiger partial charge in [-0.2, -0.15) is 0 Å². The van der Waals surface area contributed by atoms with Gasteiger partial charge in [-0.25, -0.2) is 0 Å². The zero-order valence-corrected chi connectivity index (χ0v) is 17.8. The molecule has 0 aliphatic heterocycles. The number of hydrogen-bond donors (Lipinski definition) is 1. The smallest absolute Gasteiger partial charge is 0.193 e. The van der Waals surface area contributed by atoms with Crippen molar-refractivity contribution in [2.45, 2.75) is 26.3 Å². The van der Waals surface area contributed by atoms with Crippen molar-refractivity contribution in [2.75, 3.05) is 33.9 Å². The van der Waals surface area contributed by atoms with Crippen LogP contribution < -0.4 is 5.32 Å². The van der Waals surface area contributed by atoms with E-state index >= 15 is 0 Å². The monoisotopic (exact) mass is 486 g/mol. The number of ether oxygens (including phenoxy) is 1. The molecule has 0 aromatic carbocycles. The van der Waals surface area contributed by atoms with Crippen LogP contribution in [0.5, 0.6) is 0 Å². The predicted octanol–water partition coefficient (Wildman–Crippen LogP) is 3.23. The molecule has 0 saturated heterocycles.